The molecule has 1 aromatic carbocycles. The summed E-state index contributed by atoms with van der Waals surface area (Å²) in [5.41, 5.74) is -0.669. The number of benzene rings is 1. The lowest BCUT2D eigenvalue weighted by Crippen LogP contribution is -2.38. The molecule has 2 heterocycles. The molecule has 5 nitrogen and oxygen atoms in total. The molecule has 3 rings (SSSR count). The van der Waals surface area contributed by atoms with E-state index in [0.717, 1.165) is 22.9 Å². The second kappa shape index (κ2) is 4.79. The first-order valence-electron chi connectivity index (χ1n) is 6.51. The molecule has 6 heteroatoms. The van der Waals surface area contributed by atoms with Gasteiger partial charge >= 0.3 is 11.2 Å². The molecule has 20 heavy (non-hydrogen) atoms. The van der Waals surface area contributed by atoms with E-state index in [0.29, 0.717) is 16.8 Å². The van der Waals surface area contributed by atoms with Crippen LogP contribution in [0, 0.1) is 0 Å². The molecule has 0 bridgehead atoms. The number of aromatic nitrogens is 2. The van der Waals surface area contributed by atoms with E-state index in [9.17, 15) is 14.8 Å². The quantitative estimate of drug-likeness (QED) is 0.753. The molecule has 0 amide bonds. The van der Waals surface area contributed by atoms with E-state index in [1.54, 1.807) is 0 Å². The Kier molecular flexibility index (Phi) is 3.10. The zero-order chi connectivity index (χ0) is 14.3. The zero-order valence-electron chi connectivity index (χ0n) is 11.0. The van der Waals surface area contributed by atoms with Gasteiger partial charge in [0.05, 0.1) is 5.52 Å². The van der Waals surface area contributed by atoms with Crippen LogP contribution in [0.15, 0.2) is 33.9 Å². The van der Waals surface area contributed by atoms with E-state index in [-0.39, 0.29) is 4.73 Å². The lowest BCUT2D eigenvalue weighted by Gasteiger charge is -2.08. The van der Waals surface area contributed by atoms with Crippen LogP contribution < -0.4 is 11.2 Å². The first-order valence-corrected chi connectivity index (χ1v) is 7.33. The highest BCUT2D eigenvalue weighted by Crippen LogP contribution is 2.30. The van der Waals surface area contributed by atoms with E-state index in [2.05, 4.69) is 0 Å². The first kappa shape index (κ1) is 12.9. The van der Waals surface area contributed by atoms with Crippen LogP contribution in [0.1, 0.15) is 19.8 Å². The molecule has 0 unspecified atom stereocenters. The fourth-order valence-corrected chi connectivity index (χ4v) is 3.49. The minimum absolute atomic E-state index is 0.216. The number of fused-ring (bicyclic) bond motifs is 3. The number of thiophene rings is 1. The van der Waals surface area contributed by atoms with Crippen molar-refractivity contribution in [3.63, 3.8) is 0 Å². The van der Waals surface area contributed by atoms with Gasteiger partial charge in [-0.05, 0) is 12.5 Å². The lowest BCUT2D eigenvalue weighted by atomic mass is 10.2. The molecule has 0 spiro atoms. The minimum Gasteiger partial charge on any atom is -0.421 e. The predicted octanol–water partition coefficient (Wildman–Crippen LogP) is 2.42. The van der Waals surface area contributed by atoms with Gasteiger partial charge in [-0.2, -0.15) is 0 Å². The van der Waals surface area contributed by atoms with Crippen molar-refractivity contribution in [1.82, 2.24) is 9.30 Å². The highest BCUT2D eigenvalue weighted by molar-refractivity contribution is 7.25. The van der Waals surface area contributed by atoms with Gasteiger partial charge in [0, 0.05) is 16.6 Å². The molecule has 3 aromatic rings. The molecule has 0 aliphatic heterocycles. The summed E-state index contributed by atoms with van der Waals surface area (Å²) in [5, 5.41) is 10.6. The summed E-state index contributed by atoms with van der Waals surface area (Å²) in [5.74, 6) is 0. The Morgan fingerprint density at radius 1 is 1.25 bits per heavy atom. The third-order valence-corrected chi connectivity index (χ3v) is 4.52. The Balaban J connectivity index is 2.51. The number of unbranched alkanes of at least 4 members (excludes halogenated alkanes) is 1. The van der Waals surface area contributed by atoms with Gasteiger partial charge in [-0.15, -0.1) is 11.3 Å². The molecule has 0 fully saturated rings. The summed E-state index contributed by atoms with van der Waals surface area (Å²) in [6.45, 7) is 2.52. The van der Waals surface area contributed by atoms with Gasteiger partial charge in [-0.1, -0.05) is 36.3 Å². The third-order valence-electron chi connectivity index (χ3n) is 3.37. The Morgan fingerprint density at radius 2 is 2.00 bits per heavy atom. The highest BCUT2D eigenvalue weighted by Gasteiger charge is 2.17. The van der Waals surface area contributed by atoms with Crippen LogP contribution in [-0.2, 0) is 6.54 Å². The fourth-order valence-electron chi connectivity index (χ4n) is 2.36. The molecule has 0 aliphatic carbocycles. The molecular formula is C14H14N2O3S. The van der Waals surface area contributed by atoms with E-state index < -0.39 is 11.2 Å². The van der Waals surface area contributed by atoms with Crippen LogP contribution in [0.4, 0.5) is 0 Å². The average molecular weight is 290 g/mol. The molecule has 2 aromatic heterocycles. The summed E-state index contributed by atoms with van der Waals surface area (Å²) in [4.78, 5) is 24.2. The van der Waals surface area contributed by atoms with Crippen molar-refractivity contribution >= 4 is 31.6 Å². The topological polar surface area (TPSA) is 64.2 Å². The van der Waals surface area contributed by atoms with Crippen LogP contribution >= 0.6 is 11.3 Å². The van der Waals surface area contributed by atoms with Crippen molar-refractivity contribution in [3.05, 3.63) is 45.1 Å². The van der Waals surface area contributed by atoms with E-state index in [4.69, 9.17) is 0 Å². The summed E-state index contributed by atoms with van der Waals surface area (Å²) < 4.78 is 3.08. The molecule has 0 aliphatic rings. The minimum atomic E-state index is -0.667. The van der Waals surface area contributed by atoms with Gasteiger partial charge in [0.1, 0.15) is 4.70 Å². The van der Waals surface area contributed by atoms with Gasteiger partial charge in [-0.3, -0.25) is 9.36 Å². The second-order valence-corrected chi connectivity index (χ2v) is 5.73. The summed E-state index contributed by atoms with van der Waals surface area (Å²) in [6.07, 6.45) is 1.75. The lowest BCUT2D eigenvalue weighted by molar-refractivity contribution is 0.157. The van der Waals surface area contributed by atoms with Gasteiger partial charge in [0.15, 0.2) is 0 Å². The second-order valence-electron chi connectivity index (χ2n) is 4.68. The van der Waals surface area contributed by atoms with Gasteiger partial charge in [0.2, 0.25) is 0 Å². The van der Waals surface area contributed by atoms with Crippen molar-refractivity contribution in [1.29, 1.82) is 0 Å². The van der Waals surface area contributed by atoms with Crippen LogP contribution in [0.5, 0.6) is 0 Å². The molecule has 0 saturated carbocycles. The summed E-state index contributed by atoms with van der Waals surface area (Å²) in [7, 11) is 0. The number of rotatable bonds is 3. The van der Waals surface area contributed by atoms with Gasteiger partial charge in [-0.25, -0.2) is 4.79 Å². The smallest absolute Gasteiger partial charge is 0.365 e. The van der Waals surface area contributed by atoms with E-state index in [1.165, 1.54) is 15.9 Å². The normalized spacial score (nSPS) is 11.4. The van der Waals surface area contributed by atoms with E-state index in [1.807, 2.05) is 31.2 Å². The molecule has 1 N–H and O–H groups in total. The third kappa shape index (κ3) is 1.76. The zero-order valence-corrected chi connectivity index (χ0v) is 11.8. The maximum absolute atomic E-state index is 12.1. The maximum Gasteiger partial charge on any atom is 0.365 e. The first-order chi connectivity index (χ1) is 9.65. The molecule has 0 atom stereocenters. The van der Waals surface area contributed by atoms with Gasteiger partial charge < -0.3 is 5.21 Å². The molecule has 0 radical (unpaired) electrons. The maximum atomic E-state index is 12.1. The van der Waals surface area contributed by atoms with Crippen LogP contribution in [0.3, 0.4) is 0 Å². The highest BCUT2D eigenvalue weighted by atomic mass is 32.1. The Labute approximate surface area is 118 Å². The Bertz CT molecular complexity index is 904. The Hall–Kier alpha value is -2.08. The molecule has 104 valence electrons. The summed E-state index contributed by atoms with van der Waals surface area (Å²) >= 11 is 1.31. The van der Waals surface area contributed by atoms with E-state index >= 15 is 0 Å². The van der Waals surface area contributed by atoms with Gasteiger partial charge in [0.25, 0.3) is 0 Å². The summed E-state index contributed by atoms with van der Waals surface area (Å²) in [6, 6.07) is 7.59. The fraction of sp³-hybridized carbons (Fsp3) is 0.286. The number of nitrogens with zero attached hydrogens (tertiary/aromatic N) is 2. The van der Waals surface area contributed by atoms with Crippen molar-refractivity contribution in [2.24, 2.45) is 0 Å². The standard InChI is InChI=1S/C14H14N2O3S/c1-2-3-8-15-11-9-6-4-5-7-10(9)20-12(11)13(17)16(19)14(15)18/h4-7,19H,2-3,8H2,1H3. The van der Waals surface area contributed by atoms with Crippen LogP contribution in [0.2, 0.25) is 0 Å². The van der Waals surface area contributed by atoms with Crippen molar-refractivity contribution in [2.45, 2.75) is 26.3 Å². The molecule has 0 saturated heterocycles. The average Bonchev–Trinajstić information content (AvgIpc) is 2.85. The monoisotopic (exact) mass is 290 g/mol. The van der Waals surface area contributed by atoms with Crippen molar-refractivity contribution < 1.29 is 5.21 Å². The van der Waals surface area contributed by atoms with Crippen LogP contribution in [-0.4, -0.2) is 14.5 Å². The number of hydrogen-bond donors (Lipinski definition) is 1. The van der Waals surface area contributed by atoms with Crippen molar-refractivity contribution in [2.75, 3.05) is 0 Å². The van der Waals surface area contributed by atoms with Crippen molar-refractivity contribution in [3.8, 4) is 0 Å². The predicted molar refractivity (Wildman–Crippen MR) is 79.9 cm³/mol. The Morgan fingerprint density at radius 3 is 2.75 bits per heavy atom. The van der Waals surface area contributed by atoms with Crippen LogP contribution in [0.25, 0.3) is 20.3 Å². The number of hydrogen-bond acceptors (Lipinski definition) is 4. The SMILES string of the molecule is CCCCn1c(=O)n(O)c(=O)c2sc3ccccc3c21. The molecular weight excluding hydrogens is 276 g/mol. The number of aryl methyl sites for hydroxylation is 1. The largest absolute Gasteiger partial charge is 0.421 e.